The van der Waals surface area contributed by atoms with Gasteiger partial charge in [-0.15, -0.1) is 10.2 Å². The van der Waals surface area contributed by atoms with Gasteiger partial charge >= 0.3 is 0 Å². The van der Waals surface area contributed by atoms with Crippen molar-refractivity contribution in [3.05, 3.63) is 24.2 Å². The summed E-state index contributed by atoms with van der Waals surface area (Å²) < 4.78 is 1.95. The van der Waals surface area contributed by atoms with Crippen LogP contribution >= 0.6 is 11.8 Å². The fourth-order valence-electron chi connectivity index (χ4n) is 1.18. The first-order valence-electron chi connectivity index (χ1n) is 3.89. The molecular formula is C8H10N4S. The lowest BCUT2D eigenvalue weighted by Gasteiger charge is -1.97. The van der Waals surface area contributed by atoms with Crippen LogP contribution in [0.4, 0.5) is 5.69 Å². The number of hydrogen-bond acceptors (Lipinski definition) is 4. The molecule has 0 atom stereocenters. The third-order valence-corrected chi connectivity index (χ3v) is 2.32. The van der Waals surface area contributed by atoms with E-state index in [4.69, 9.17) is 5.73 Å². The summed E-state index contributed by atoms with van der Waals surface area (Å²) in [6.07, 6.45) is 3.94. The summed E-state index contributed by atoms with van der Waals surface area (Å²) in [6.45, 7) is 0. The van der Waals surface area contributed by atoms with Crippen molar-refractivity contribution < 1.29 is 0 Å². The number of hydrogen-bond donors (Lipinski definition) is 1. The van der Waals surface area contributed by atoms with Crippen molar-refractivity contribution >= 4 is 23.1 Å². The first-order chi connectivity index (χ1) is 6.31. The van der Waals surface area contributed by atoms with Gasteiger partial charge in [0.1, 0.15) is 5.82 Å². The molecule has 2 heterocycles. The Hall–Kier alpha value is -1.23. The van der Waals surface area contributed by atoms with E-state index in [1.807, 2.05) is 29.0 Å². The predicted octanol–water partition coefficient (Wildman–Crippen LogP) is 1.17. The summed E-state index contributed by atoms with van der Waals surface area (Å²) in [4.78, 5) is 0. The highest BCUT2D eigenvalue weighted by Crippen LogP contribution is 2.11. The van der Waals surface area contributed by atoms with Gasteiger partial charge in [-0.2, -0.15) is 11.8 Å². The molecule has 5 heteroatoms. The molecule has 2 N–H and O–H groups in total. The zero-order valence-corrected chi connectivity index (χ0v) is 8.08. The van der Waals surface area contributed by atoms with Gasteiger partial charge < -0.3 is 5.73 Å². The average molecular weight is 194 g/mol. The van der Waals surface area contributed by atoms with Crippen molar-refractivity contribution in [3.63, 3.8) is 0 Å². The minimum absolute atomic E-state index is 0.718. The van der Waals surface area contributed by atoms with Crippen LogP contribution in [0.2, 0.25) is 0 Å². The molecule has 0 aliphatic rings. The highest BCUT2D eigenvalue weighted by Gasteiger charge is 2.03. The third kappa shape index (κ3) is 1.47. The number of nitrogens with zero attached hydrogens (tertiary/aromatic N) is 3. The first kappa shape index (κ1) is 8.37. The maximum Gasteiger partial charge on any atom is 0.162 e. The molecule has 0 bridgehead atoms. The van der Waals surface area contributed by atoms with Crippen LogP contribution in [0.5, 0.6) is 0 Å². The Morgan fingerprint density at radius 3 is 3.15 bits per heavy atom. The van der Waals surface area contributed by atoms with Crippen molar-refractivity contribution in [3.8, 4) is 0 Å². The summed E-state index contributed by atoms with van der Waals surface area (Å²) in [6, 6.07) is 3.66. The topological polar surface area (TPSA) is 56.2 Å². The highest BCUT2D eigenvalue weighted by molar-refractivity contribution is 7.97. The second kappa shape index (κ2) is 3.26. The van der Waals surface area contributed by atoms with Gasteiger partial charge in [0.25, 0.3) is 0 Å². The van der Waals surface area contributed by atoms with E-state index in [0.717, 1.165) is 22.9 Å². The largest absolute Gasteiger partial charge is 0.399 e. The van der Waals surface area contributed by atoms with Gasteiger partial charge in [-0.1, -0.05) is 0 Å². The minimum Gasteiger partial charge on any atom is -0.399 e. The molecule has 0 fully saturated rings. The number of thioether (sulfide) groups is 1. The fourth-order valence-corrected chi connectivity index (χ4v) is 1.64. The molecule has 2 aromatic heterocycles. The molecule has 68 valence electrons. The molecule has 0 saturated carbocycles. The molecule has 0 amide bonds. The van der Waals surface area contributed by atoms with E-state index in [0.29, 0.717) is 0 Å². The van der Waals surface area contributed by atoms with E-state index in [-0.39, 0.29) is 0 Å². The van der Waals surface area contributed by atoms with Crippen molar-refractivity contribution in [2.75, 3.05) is 12.0 Å². The van der Waals surface area contributed by atoms with Gasteiger partial charge in [0.2, 0.25) is 0 Å². The molecule has 0 radical (unpaired) electrons. The smallest absolute Gasteiger partial charge is 0.162 e. The first-order valence-corrected chi connectivity index (χ1v) is 5.28. The van der Waals surface area contributed by atoms with E-state index in [9.17, 15) is 0 Å². The van der Waals surface area contributed by atoms with Crippen molar-refractivity contribution in [2.45, 2.75) is 5.75 Å². The monoisotopic (exact) mass is 194 g/mol. The molecular weight excluding hydrogens is 184 g/mol. The molecule has 13 heavy (non-hydrogen) atoms. The zero-order valence-electron chi connectivity index (χ0n) is 7.27. The lowest BCUT2D eigenvalue weighted by molar-refractivity contribution is 0.991. The third-order valence-electron chi connectivity index (χ3n) is 1.78. The number of aromatic nitrogens is 3. The maximum absolute atomic E-state index is 5.62. The van der Waals surface area contributed by atoms with Crippen molar-refractivity contribution in [2.24, 2.45) is 0 Å². The number of nitrogen functional groups attached to an aromatic ring is 1. The second-order valence-corrected chi connectivity index (χ2v) is 3.60. The predicted molar refractivity (Wildman–Crippen MR) is 54.6 cm³/mol. The van der Waals surface area contributed by atoms with Crippen LogP contribution in [0.1, 0.15) is 5.82 Å². The Bertz CT molecular complexity index is 423. The highest BCUT2D eigenvalue weighted by atomic mass is 32.2. The maximum atomic E-state index is 5.62. The van der Waals surface area contributed by atoms with Crippen LogP contribution in [-0.2, 0) is 5.75 Å². The van der Waals surface area contributed by atoms with E-state index >= 15 is 0 Å². The summed E-state index contributed by atoms with van der Waals surface area (Å²) in [5, 5.41) is 8.08. The summed E-state index contributed by atoms with van der Waals surface area (Å²) in [5.41, 5.74) is 7.15. The molecule has 0 unspecified atom stereocenters. The van der Waals surface area contributed by atoms with Crippen LogP contribution in [0.15, 0.2) is 18.3 Å². The SMILES string of the molecule is CSCc1nnc2cc(N)ccn12. The molecule has 0 aliphatic carbocycles. The zero-order chi connectivity index (χ0) is 9.26. The lowest BCUT2D eigenvalue weighted by atomic mass is 10.4. The number of fused-ring (bicyclic) bond motifs is 1. The van der Waals surface area contributed by atoms with Crippen molar-refractivity contribution in [1.82, 2.24) is 14.6 Å². The molecule has 0 aromatic carbocycles. The van der Waals surface area contributed by atoms with Crippen LogP contribution in [0, 0.1) is 0 Å². The fraction of sp³-hybridized carbons (Fsp3) is 0.250. The Labute approximate surface area is 80.2 Å². The van der Waals surface area contributed by atoms with Crippen LogP contribution in [0.3, 0.4) is 0 Å². The number of rotatable bonds is 2. The second-order valence-electron chi connectivity index (χ2n) is 2.74. The van der Waals surface area contributed by atoms with Crippen LogP contribution in [0.25, 0.3) is 5.65 Å². The van der Waals surface area contributed by atoms with Gasteiger partial charge in [0.15, 0.2) is 5.65 Å². The van der Waals surface area contributed by atoms with Gasteiger partial charge in [-0.05, 0) is 12.3 Å². The standard InChI is InChI=1S/C8H10N4S/c1-13-5-8-11-10-7-4-6(9)2-3-12(7)8/h2-4H,5,9H2,1H3. The summed E-state index contributed by atoms with van der Waals surface area (Å²) in [5.74, 6) is 1.83. The molecule has 0 spiro atoms. The van der Waals surface area contributed by atoms with Gasteiger partial charge in [-0.3, -0.25) is 4.40 Å². The van der Waals surface area contributed by atoms with Crippen LogP contribution in [-0.4, -0.2) is 20.9 Å². The number of pyridine rings is 1. The molecule has 4 nitrogen and oxygen atoms in total. The number of anilines is 1. The van der Waals surface area contributed by atoms with Gasteiger partial charge in [0, 0.05) is 18.0 Å². The molecule has 0 saturated heterocycles. The van der Waals surface area contributed by atoms with Gasteiger partial charge in [0.05, 0.1) is 5.75 Å². The molecule has 2 rings (SSSR count). The van der Waals surface area contributed by atoms with E-state index in [1.165, 1.54) is 0 Å². The Balaban J connectivity index is 2.55. The number of nitrogens with two attached hydrogens (primary N) is 1. The lowest BCUT2D eigenvalue weighted by Crippen LogP contribution is -1.93. The van der Waals surface area contributed by atoms with E-state index in [2.05, 4.69) is 10.2 Å². The average Bonchev–Trinajstić information content (AvgIpc) is 2.49. The Kier molecular flexibility index (Phi) is 2.10. The molecule has 2 aromatic rings. The van der Waals surface area contributed by atoms with Crippen LogP contribution < -0.4 is 5.73 Å². The minimum atomic E-state index is 0.718. The van der Waals surface area contributed by atoms with E-state index < -0.39 is 0 Å². The summed E-state index contributed by atoms with van der Waals surface area (Å²) >= 11 is 1.72. The Morgan fingerprint density at radius 1 is 1.54 bits per heavy atom. The Morgan fingerprint density at radius 2 is 2.38 bits per heavy atom. The normalized spacial score (nSPS) is 10.8. The van der Waals surface area contributed by atoms with Crippen molar-refractivity contribution in [1.29, 1.82) is 0 Å². The van der Waals surface area contributed by atoms with Gasteiger partial charge in [-0.25, -0.2) is 0 Å². The molecule has 0 aliphatic heterocycles. The quantitative estimate of drug-likeness (QED) is 0.779. The summed E-state index contributed by atoms with van der Waals surface area (Å²) in [7, 11) is 0. The van der Waals surface area contributed by atoms with E-state index in [1.54, 1.807) is 11.8 Å².